The van der Waals surface area contributed by atoms with Gasteiger partial charge in [0.05, 0.1) is 5.60 Å². The molecule has 0 bridgehead atoms. The fourth-order valence-corrected chi connectivity index (χ4v) is 4.04. The minimum atomic E-state index is -0.814. The molecule has 3 unspecified atom stereocenters. The van der Waals surface area contributed by atoms with E-state index in [1.165, 1.54) is 12.1 Å². The molecule has 1 aromatic carbocycles. The van der Waals surface area contributed by atoms with Crippen molar-refractivity contribution in [2.75, 3.05) is 18.1 Å². The van der Waals surface area contributed by atoms with Gasteiger partial charge in [-0.2, -0.15) is 11.8 Å². The predicted molar refractivity (Wildman–Crippen MR) is 77.1 cm³/mol. The van der Waals surface area contributed by atoms with Gasteiger partial charge in [-0.15, -0.1) is 0 Å². The Morgan fingerprint density at radius 2 is 2.29 bits per heavy atom. The molecule has 1 saturated heterocycles. The van der Waals surface area contributed by atoms with Crippen LogP contribution in [0.25, 0.3) is 0 Å². The zero-order valence-corrected chi connectivity index (χ0v) is 12.3. The summed E-state index contributed by atoms with van der Waals surface area (Å²) in [5, 5.41) is 12.9. The van der Waals surface area contributed by atoms with Crippen LogP contribution in [0.15, 0.2) is 18.2 Å². The summed E-state index contributed by atoms with van der Waals surface area (Å²) >= 11 is 1.67. The van der Waals surface area contributed by atoms with E-state index in [9.17, 15) is 18.7 Å². The van der Waals surface area contributed by atoms with E-state index in [1.54, 1.807) is 11.8 Å². The lowest BCUT2D eigenvalue weighted by Gasteiger charge is -2.21. The van der Waals surface area contributed by atoms with Gasteiger partial charge in [-0.3, -0.25) is 4.79 Å². The van der Waals surface area contributed by atoms with Crippen molar-refractivity contribution in [3.8, 4) is 0 Å². The van der Waals surface area contributed by atoms with Gasteiger partial charge < -0.3 is 10.4 Å². The third-order valence-corrected chi connectivity index (χ3v) is 5.40. The summed E-state index contributed by atoms with van der Waals surface area (Å²) in [6, 6.07) is 3.47. The molecule has 2 aliphatic rings. The SMILES string of the molecule is O=C(NCC1(O)CCSC1)C1CC1c1ccc(F)cc1F. The van der Waals surface area contributed by atoms with E-state index >= 15 is 0 Å². The van der Waals surface area contributed by atoms with Gasteiger partial charge in [-0.05, 0) is 36.1 Å². The third-order valence-electron chi connectivity index (χ3n) is 4.16. The molecular formula is C15H17F2NO2S. The number of hydrogen-bond donors (Lipinski definition) is 2. The quantitative estimate of drug-likeness (QED) is 0.894. The van der Waals surface area contributed by atoms with Gasteiger partial charge in [0.2, 0.25) is 5.91 Å². The fraction of sp³-hybridized carbons (Fsp3) is 0.533. The van der Waals surface area contributed by atoms with E-state index in [0.29, 0.717) is 24.2 Å². The van der Waals surface area contributed by atoms with E-state index in [1.807, 2.05) is 0 Å². The fourth-order valence-electron chi connectivity index (χ4n) is 2.75. The van der Waals surface area contributed by atoms with Gasteiger partial charge >= 0.3 is 0 Å². The molecule has 0 spiro atoms. The normalized spacial score (nSPS) is 31.2. The highest BCUT2D eigenvalue weighted by Crippen LogP contribution is 2.48. The van der Waals surface area contributed by atoms with Crippen LogP contribution in [-0.2, 0) is 4.79 Å². The maximum atomic E-state index is 13.7. The minimum absolute atomic E-state index is 0.158. The Bertz CT molecular complexity index is 561. The van der Waals surface area contributed by atoms with Crippen molar-refractivity contribution in [3.05, 3.63) is 35.4 Å². The second kappa shape index (κ2) is 5.57. The summed E-state index contributed by atoms with van der Waals surface area (Å²) < 4.78 is 26.5. The summed E-state index contributed by atoms with van der Waals surface area (Å²) in [5.74, 6) is -0.289. The van der Waals surface area contributed by atoms with Crippen molar-refractivity contribution in [1.29, 1.82) is 0 Å². The Labute approximate surface area is 126 Å². The van der Waals surface area contributed by atoms with Crippen molar-refractivity contribution in [2.24, 2.45) is 5.92 Å². The molecule has 1 aliphatic heterocycles. The average molecular weight is 313 g/mol. The monoisotopic (exact) mass is 313 g/mol. The molecule has 0 radical (unpaired) electrons. The summed E-state index contributed by atoms with van der Waals surface area (Å²) in [7, 11) is 0. The lowest BCUT2D eigenvalue weighted by Crippen LogP contribution is -2.43. The molecule has 2 N–H and O–H groups in total. The van der Waals surface area contributed by atoms with Crippen molar-refractivity contribution in [3.63, 3.8) is 0 Å². The van der Waals surface area contributed by atoms with Crippen LogP contribution >= 0.6 is 11.8 Å². The van der Waals surface area contributed by atoms with Crippen LogP contribution in [-0.4, -0.2) is 34.7 Å². The third kappa shape index (κ3) is 3.21. The maximum absolute atomic E-state index is 13.7. The number of carbonyl (C=O) groups excluding carboxylic acids is 1. The molecule has 1 saturated carbocycles. The second-order valence-corrected chi connectivity index (χ2v) is 6.96. The largest absolute Gasteiger partial charge is 0.387 e. The molecule has 3 atom stereocenters. The molecule has 1 aromatic rings. The number of amides is 1. The van der Waals surface area contributed by atoms with Gasteiger partial charge in [0, 0.05) is 24.3 Å². The van der Waals surface area contributed by atoms with Crippen LogP contribution in [0, 0.1) is 17.6 Å². The second-order valence-electron chi connectivity index (χ2n) is 5.86. The summed E-state index contributed by atoms with van der Waals surface area (Å²) in [4.78, 5) is 12.0. The molecule has 1 heterocycles. The Kier molecular flexibility index (Phi) is 3.92. The molecule has 3 nitrogen and oxygen atoms in total. The highest BCUT2D eigenvalue weighted by atomic mass is 32.2. The Morgan fingerprint density at radius 3 is 2.95 bits per heavy atom. The molecular weight excluding hydrogens is 296 g/mol. The molecule has 114 valence electrons. The molecule has 1 amide bonds. The number of benzene rings is 1. The highest BCUT2D eigenvalue weighted by Gasteiger charge is 2.45. The molecule has 2 fully saturated rings. The lowest BCUT2D eigenvalue weighted by atomic mass is 10.0. The Hall–Kier alpha value is -1.14. The van der Waals surface area contributed by atoms with Gasteiger partial charge in [-0.1, -0.05) is 6.07 Å². The van der Waals surface area contributed by atoms with Crippen molar-refractivity contribution < 1.29 is 18.7 Å². The summed E-state index contributed by atoms with van der Waals surface area (Å²) in [6.45, 7) is 0.244. The van der Waals surface area contributed by atoms with Gasteiger partial charge in [0.1, 0.15) is 11.6 Å². The Balaban J connectivity index is 1.56. The first-order valence-corrected chi connectivity index (χ1v) is 8.17. The maximum Gasteiger partial charge on any atom is 0.223 e. The molecule has 0 aromatic heterocycles. The minimum Gasteiger partial charge on any atom is -0.387 e. The van der Waals surface area contributed by atoms with E-state index in [4.69, 9.17) is 0 Å². The topological polar surface area (TPSA) is 49.3 Å². The van der Waals surface area contributed by atoms with E-state index in [2.05, 4.69) is 5.32 Å². The van der Waals surface area contributed by atoms with Crippen LogP contribution in [0.1, 0.15) is 24.3 Å². The van der Waals surface area contributed by atoms with Crippen LogP contribution in [0.5, 0.6) is 0 Å². The van der Waals surface area contributed by atoms with Crippen LogP contribution in [0.3, 0.4) is 0 Å². The Morgan fingerprint density at radius 1 is 1.48 bits per heavy atom. The predicted octanol–water partition coefficient (Wildman–Crippen LogP) is 2.05. The zero-order valence-electron chi connectivity index (χ0n) is 11.4. The zero-order chi connectivity index (χ0) is 15.0. The lowest BCUT2D eigenvalue weighted by molar-refractivity contribution is -0.123. The van der Waals surface area contributed by atoms with Crippen LogP contribution in [0.4, 0.5) is 8.78 Å². The number of thioether (sulfide) groups is 1. The van der Waals surface area contributed by atoms with Crippen molar-refractivity contribution >= 4 is 17.7 Å². The van der Waals surface area contributed by atoms with E-state index < -0.39 is 17.2 Å². The van der Waals surface area contributed by atoms with E-state index in [0.717, 1.165) is 11.8 Å². The highest BCUT2D eigenvalue weighted by molar-refractivity contribution is 7.99. The number of halogens is 2. The first kappa shape index (κ1) is 14.8. The standard InChI is InChI=1S/C15H17F2NO2S/c16-9-1-2-10(13(17)5-9)11-6-12(11)14(19)18-7-15(20)3-4-21-8-15/h1-2,5,11-12,20H,3-4,6-8H2,(H,18,19). The molecule has 3 rings (SSSR count). The van der Waals surface area contributed by atoms with Gasteiger partial charge in [0.25, 0.3) is 0 Å². The average Bonchev–Trinajstić information content (AvgIpc) is 3.11. The van der Waals surface area contributed by atoms with Crippen LogP contribution in [0.2, 0.25) is 0 Å². The molecule has 6 heteroatoms. The molecule has 1 aliphatic carbocycles. The summed E-state index contributed by atoms with van der Waals surface area (Å²) in [5.41, 5.74) is -0.419. The number of carbonyl (C=O) groups is 1. The first-order chi connectivity index (χ1) is 9.98. The van der Waals surface area contributed by atoms with Crippen LogP contribution < -0.4 is 5.32 Å². The number of nitrogens with one attached hydrogen (secondary N) is 1. The number of hydrogen-bond acceptors (Lipinski definition) is 3. The van der Waals surface area contributed by atoms with Gasteiger partial charge in [-0.25, -0.2) is 8.78 Å². The van der Waals surface area contributed by atoms with Crippen molar-refractivity contribution in [1.82, 2.24) is 5.32 Å². The number of rotatable bonds is 4. The van der Waals surface area contributed by atoms with Crippen molar-refractivity contribution in [2.45, 2.75) is 24.4 Å². The first-order valence-electron chi connectivity index (χ1n) is 7.01. The summed E-state index contributed by atoms with van der Waals surface area (Å²) in [6.07, 6.45) is 1.25. The smallest absolute Gasteiger partial charge is 0.223 e. The van der Waals surface area contributed by atoms with Gasteiger partial charge in [0.15, 0.2) is 0 Å². The molecule has 21 heavy (non-hydrogen) atoms. The number of aliphatic hydroxyl groups is 1. The van der Waals surface area contributed by atoms with E-state index in [-0.39, 0.29) is 24.3 Å².